The van der Waals surface area contributed by atoms with Crippen LogP contribution in [0.5, 0.6) is 0 Å². The minimum absolute atomic E-state index is 0.188. The maximum Gasteiger partial charge on any atom is 0.147 e. The second kappa shape index (κ2) is 6.78. The number of hydrogen-bond acceptors (Lipinski definition) is 6. The Morgan fingerprint density at radius 2 is 2.08 bits per heavy atom. The smallest absolute Gasteiger partial charge is 0.147 e. The molecule has 0 bridgehead atoms. The van der Waals surface area contributed by atoms with Gasteiger partial charge in [0.25, 0.3) is 0 Å². The molecule has 2 aromatic rings. The summed E-state index contributed by atoms with van der Waals surface area (Å²) in [7, 11) is 0. The van der Waals surface area contributed by atoms with Crippen molar-refractivity contribution in [1.82, 2.24) is 4.98 Å². The fourth-order valence-corrected chi connectivity index (χ4v) is 5.28. The van der Waals surface area contributed by atoms with Crippen LogP contribution in [0.25, 0.3) is 0 Å². The molecule has 2 heterocycles. The number of halogens is 1. The lowest BCUT2D eigenvalue weighted by Crippen LogP contribution is -2.69. The van der Waals surface area contributed by atoms with Gasteiger partial charge < -0.3 is 10.9 Å². The van der Waals surface area contributed by atoms with Crippen LogP contribution < -0.4 is 5.73 Å². The molecule has 5 nitrogen and oxygen atoms in total. The molecule has 0 radical (unpaired) electrons. The van der Waals surface area contributed by atoms with Gasteiger partial charge in [0.2, 0.25) is 0 Å². The summed E-state index contributed by atoms with van der Waals surface area (Å²) >= 11 is 2.73. The molecule has 3 atom stereocenters. The molecule has 1 fully saturated rings. The third-order valence-corrected chi connectivity index (χ3v) is 7.51. The van der Waals surface area contributed by atoms with Crippen molar-refractivity contribution in [2.75, 3.05) is 6.54 Å². The molecule has 8 heteroatoms. The van der Waals surface area contributed by atoms with Crippen LogP contribution in [0.15, 0.2) is 52.5 Å². The first-order chi connectivity index (χ1) is 12.1. The first-order valence-corrected chi connectivity index (χ1v) is 9.89. The molecule has 0 amide bonds. The van der Waals surface area contributed by atoms with Crippen LogP contribution in [0.2, 0.25) is 0 Å². The standard InChI is InChI=1S/C18H22FN3O2S2/c1-17(2)16(20)26-18(3,11-22(17,23)24)13-10-12(7-8-14(13)19)25-15-6-4-5-9-21-15/h4-10,16,23H,11,20H2,1-3H3/t16-,18?/m1/s1. The van der Waals surface area contributed by atoms with Crippen LogP contribution in [0.1, 0.15) is 26.3 Å². The largest absolute Gasteiger partial charge is 0.598 e. The van der Waals surface area contributed by atoms with Gasteiger partial charge in [0.05, 0.1) is 4.75 Å². The fourth-order valence-electron chi connectivity index (χ4n) is 2.92. The van der Waals surface area contributed by atoms with E-state index < -0.39 is 26.3 Å². The summed E-state index contributed by atoms with van der Waals surface area (Å²) in [5.41, 5.74) is 5.44. The zero-order chi connectivity index (χ0) is 19.2. The minimum Gasteiger partial charge on any atom is -0.598 e. The van der Waals surface area contributed by atoms with Crippen molar-refractivity contribution in [1.29, 1.82) is 0 Å². The van der Waals surface area contributed by atoms with Crippen LogP contribution >= 0.6 is 23.5 Å². The molecule has 1 aliphatic heterocycles. The quantitative estimate of drug-likeness (QED) is 0.601. The van der Waals surface area contributed by atoms with E-state index in [0.717, 1.165) is 9.92 Å². The summed E-state index contributed by atoms with van der Waals surface area (Å²) in [4.78, 5) is 3.56. The first kappa shape index (κ1) is 19.6. The Labute approximate surface area is 160 Å². The number of thioether (sulfide) groups is 1. The highest BCUT2D eigenvalue weighted by atomic mass is 32.2. The Kier molecular flexibility index (Phi) is 5.11. The summed E-state index contributed by atoms with van der Waals surface area (Å²) in [6.45, 7) is 4.82. The van der Waals surface area contributed by atoms with Crippen LogP contribution in [-0.4, -0.2) is 32.5 Å². The van der Waals surface area contributed by atoms with Crippen molar-refractivity contribution in [3.05, 3.63) is 59.2 Å². The molecule has 1 aromatic carbocycles. The Hall–Kier alpha value is -1.16. The predicted octanol–water partition coefficient (Wildman–Crippen LogP) is 4.10. The van der Waals surface area contributed by atoms with Gasteiger partial charge in [-0.3, -0.25) is 0 Å². The van der Waals surface area contributed by atoms with Gasteiger partial charge in [-0.05, 0) is 51.1 Å². The van der Waals surface area contributed by atoms with E-state index in [0.29, 0.717) is 5.56 Å². The number of hydrogen-bond donors (Lipinski definition) is 2. The van der Waals surface area contributed by atoms with Crippen molar-refractivity contribution in [2.45, 2.75) is 46.4 Å². The molecule has 2 unspecified atom stereocenters. The number of quaternary nitrogens is 1. The van der Waals surface area contributed by atoms with E-state index in [9.17, 15) is 14.8 Å². The third kappa shape index (κ3) is 3.49. The molecule has 0 aliphatic carbocycles. The molecule has 1 aliphatic rings. The number of hydroxylamine groups is 4. The van der Waals surface area contributed by atoms with Gasteiger partial charge in [-0.25, -0.2) is 19.4 Å². The summed E-state index contributed by atoms with van der Waals surface area (Å²) in [6.07, 6.45) is 1.70. The lowest BCUT2D eigenvalue weighted by Gasteiger charge is -2.57. The fraction of sp³-hybridized carbons (Fsp3) is 0.389. The van der Waals surface area contributed by atoms with E-state index in [1.807, 2.05) is 18.2 Å². The van der Waals surface area contributed by atoms with E-state index in [1.165, 1.54) is 29.6 Å². The average molecular weight is 396 g/mol. The predicted molar refractivity (Wildman–Crippen MR) is 102 cm³/mol. The number of rotatable bonds is 3. The molecule has 1 aromatic heterocycles. The maximum atomic E-state index is 14.6. The SMILES string of the molecule is CC1(c2cc(Sc3ccccn3)ccc2F)C[N+]([O-])(O)C(C)(C)[C@H](N)S1. The van der Waals surface area contributed by atoms with Gasteiger partial charge in [0, 0.05) is 16.7 Å². The van der Waals surface area contributed by atoms with Crippen LogP contribution in [-0.2, 0) is 4.75 Å². The monoisotopic (exact) mass is 395 g/mol. The van der Waals surface area contributed by atoms with Gasteiger partial charge in [-0.15, -0.1) is 11.8 Å². The Bertz CT molecular complexity index is 804. The highest BCUT2D eigenvalue weighted by molar-refractivity contribution is 8.01. The van der Waals surface area contributed by atoms with Crippen molar-refractivity contribution in [3.8, 4) is 0 Å². The van der Waals surface area contributed by atoms with E-state index in [-0.39, 0.29) is 6.54 Å². The van der Waals surface area contributed by atoms with E-state index >= 15 is 0 Å². The zero-order valence-electron chi connectivity index (χ0n) is 14.8. The van der Waals surface area contributed by atoms with Crippen LogP contribution in [0.4, 0.5) is 4.39 Å². The van der Waals surface area contributed by atoms with E-state index in [4.69, 9.17) is 5.73 Å². The average Bonchev–Trinajstić information content (AvgIpc) is 2.55. The third-order valence-electron chi connectivity index (χ3n) is 4.87. The second-order valence-electron chi connectivity index (χ2n) is 7.19. The summed E-state index contributed by atoms with van der Waals surface area (Å²) < 4.78 is 13.7. The number of nitrogens with zero attached hydrogens (tertiary/aromatic N) is 2. The number of nitrogens with two attached hydrogens (primary N) is 1. The molecule has 140 valence electrons. The van der Waals surface area contributed by atoms with Gasteiger partial charge in [0.1, 0.15) is 28.3 Å². The molecular weight excluding hydrogens is 373 g/mol. The highest BCUT2D eigenvalue weighted by Crippen LogP contribution is 2.50. The van der Waals surface area contributed by atoms with Gasteiger partial charge in [0.15, 0.2) is 0 Å². The Morgan fingerprint density at radius 3 is 2.69 bits per heavy atom. The lowest BCUT2D eigenvalue weighted by molar-refractivity contribution is -1.10. The normalized spacial score (nSPS) is 31.0. The Morgan fingerprint density at radius 1 is 1.35 bits per heavy atom. The second-order valence-corrected chi connectivity index (χ2v) is 9.93. The van der Waals surface area contributed by atoms with E-state index in [1.54, 1.807) is 39.1 Å². The van der Waals surface area contributed by atoms with Crippen molar-refractivity contribution in [2.24, 2.45) is 5.73 Å². The minimum atomic E-state index is -1.51. The maximum absolute atomic E-state index is 14.6. The van der Waals surface area contributed by atoms with Crippen molar-refractivity contribution >= 4 is 23.5 Å². The molecule has 26 heavy (non-hydrogen) atoms. The highest BCUT2D eigenvalue weighted by Gasteiger charge is 2.55. The number of aromatic nitrogens is 1. The summed E-state index contributed by atoms with van der Waals surface area (Å²) in [6, 6.07) is 10.4. The molecule has 3 N–H and O–H groups in total. The lowest BCUT2D eigenvalue weighted by atomic mass is 9.95. The molecule has 0 saturated carbocycles. The topological polar surface area (TPSA) is 82.2 Å². The first-order valence-electron chi connectivity index (χ1n) is 8.19. The molecule has 0 spiro atoms. The molecular formula is C18H22FN3O2S2. The molecule has 3 rings (SSSR count). The van der Waals surface area contributed by atoms with Gasteiger partial charge >= 0.3 is 0 Å². The van der Waals surface area contributed by atoms with Gasteiger partial charge in [-0.1, -0.05) is 17.8 Å². The van der Waals surface area contributed by atoms with Crippen molar-refractivity contribution < 1.29 is 14.4 Å². The molecule has 1 saturated heterocycles. The summed E-state index contributed by atoms with van der Waals surface area (Å²) in [5.74, 6) is -0.419. The summed E-state index contributed by atoms with van der Waals surface area (Å²) in [5, 5.41) is 23.3. The van der Waals surface area contributed by atoms with Crippen molar-refractivity contribution in [3.63, 3.8) is 0 Å². The van der Waals surface area contributed by atoms with Gasteiger partial charge in [-0.2, -0.15) is 0 Å². The van der Waals surface area contributed by atoms with Crippen LogP contribution in [0, 0.1) is 11.0 Å². The van der Waals surface area contributed by atoms with Crippen LogP contribution in [0.3, 0.4) is 0 Å². The zero-order valence-corrected chi connectivity index (χ0v) is 16.5. The Balaban J connectivity index is 1.96. The van der Waals surface area contributed by atoms with E-state index in [2.05, 4.69) is 4.98 Å². The number of pyridine rings is 1. The number of benzene rings is 1.